The molecule has 0 aliphatic rings. The lowest BCUT2D eigenvalue weighted by atomic mass is 10.2. The Morgan fingerprint density at radius 1 is 1.14 bits per heavy atom. The molecule has 2 heterocycles. The first-order valence-corrected chi connectivity index (χ1v) is 6.78. The van der Waals surface area contributed by atoms with Crippen molar-refractivity contribution in [3.05, 3.63) is 59.1 Å². The molecule has 104 valence electrons. The summed E-state index contributed by atoms with van der Waals surface area (Å²) in [5.41, 5.74) is 1.82. The number of carbonyl (C=O) groups is 1. The second-order valence-corrected chi connectivity index (χ2v) is 5.03. The van der Waals surface area contributed by atoms with Crippen LogP contribution < -0.4 is 5.32 Å². The van der Waals surface area contributed by atoms with Crippen molar-refractivity contribution in [1.29, 1.82) is 0 Å². The summed E-state index contributed by atoms with van der Waals surface area (Å²) >= 11 is 3.28. The highest BCUT2D eigenvalue weighted by Crippen LogP contribution is 2.13. The van der Waals surface area contributed by atoms with E-state index in [-0.39, 0.29) is 5.91 Å². The van der Waals surface area contributed by atoms with Crippen LogP contribution in [-0.4, -0.2) is 31.1 Å². The number of nitrogens with zero attached hydrogens (tertiary/aromatic N) is 5. The Labute approximate surface area is 128 Å². The Kier molecular flexibility index (Phi) is 3.69. The number of amides is 1. The van der Waals surface area contributed by atoms with Gasteiger partial charge in [-0.15, -0.1) is 5.10 Å². The summed E-state index contributed by atoms with van der Waals surface area (Å²) in [5, 5.41) is 13.7. The van der Waals surface area contributed by atoms with Crippen molar-refractivity contribution < 1.29 is 4.79 Å². The second-order valence-electron chi connectivity index (χ2n) is 4.12. The highest BCUT2D eigenvalue weighted by Gasteiger charge is 2.07. The van der Waals surface area contributed by atoms with Gasteiger partial charge in [-0.1, -0.05) is 0 Å². The molecule has 0 unspecified atom stereocenters. The minimum Gasteiger partial charge on any atom is -0.321 e. The van der Waals surface area contributed by atoms with Gasteiger partial charge < -0.3 is 5.32 Å². The first-order chi connectivity index (χ1) is 10.2. The topological polar surface area (TPSA) is 85.6 Å². The van der Waals surface area contributed by atoms with Gasteiger partial charge in [0, 0.05) is 16.4 Å². The number of pyridine rings is 1. The van der Waals surface area contributed by atoms with Gasteiger partial charge in [0.05, 0.1) is 5.69 Å². The standard InChI is InChI=1S/C13H9BrN6O/c14-9-1-6-12(15-7-9)13(21)17-10-2-4-11(5-3-10)20-8-16-18-19-20/h1-8H,(H,17,21). The number of tetrazole rings is 1. The Morgan fingerprint density at radius 3 is 2.57 bits per heavy atom. The number of rotatable bonds is 3. The molecule has 1 amide bonds. The number of hydrogen-bond donors (Lipinski definition) is 1. The summed E-state index contributed by atoms with van der Waals surface area (Å²) in [6.07, 6.45) is 3.08. The molecule has 0 radical (unpaired) electrons. The van der Waals surface area contributed by atoms with Gasteiger partial charge in [0.25, 0.3) is 5.91 Å². The van der Waals surface area contributed by atoms with Crippen LogP contribution >= 0.6 is 15.9 Å². The van der Waals surface area contributed by atoms with Crippen LogP contribution in [0.4, 0.5) is 5.69 Å². The minimum absolute atomic E-state index is 0.266. The van der Waals surface area contributed by atoms with E-state index in [0.717, 1.165) is 10.2 Å². The van der Waals surface area contributed by atoms with Crippen molar-refractivity contribution in [2.24, 2.45) is 0 Å². The van der Waals surface area contributed by atoms with Crippen LogP contribution in [0.1, 0.15) is 10.5 Å². The summed E-state index contributed by atoms with van der Waals surface area (Å²) in [6.45, 7) is 0. The fraction of sp³-hybridized carbons (Fsp3) is 0. The zero-order valence-corrected chi connectivity index (χ0v) is 12.2. The van der Waals surface area contributed by atoms with E-state index >= 15 is 0 Å². The molecule has 0 atom stereocenters. The number of anilines is 1. The zero-order chi connectivity index (χ0) is 14.7. The molecule has 0 aliphatic heterocycles. The first kappa shape index (κ1) is 13.4. The van der Waals surface area contributed by atoms with Crippen LogP contribution in [0.2, 0.25) is 0 Å². The summed E-state index contributed by atoms with van der Waals surface area (Å²) in [7, 11) is 0. The number of halogens is 1. The van der Waals surface area contributed by atoms with E-state index < -0.39 is 0 Å². The number of carbonyl (C=O) groups excluding carboxylic acids is 1. The molecule has 7 nitrogen and oxygen atoms in total. The summed E-state index contributed by atoms with van der Waals surface area (Å²) in [5.74, 6) is -0.266. The fourth-order valence-corrected chi connectivity index (χ4v) is 1.92. The maximum Gasteiger partial charge on any atom is 0.274 e. The molecular formula is C13H9BrN6O. The lowest BCUT2D eigenvalue weighted by Gasteiger charge is -2.06. The SMILES string of the molecule is O=C(Nc1ccc(-n2cnnn2)cc1)c1ccc(Br)cn1. The van der Waals surface area contributed by atoms with Gasteiger partial charge >= 0.3 is 0 Å². The molecule has 8 heteroatoms. The number of aromatic nitrogens is 5. The fourth-order valence-electron chi connectivity index (χ4n) is 1.68. The smallest absolute Gasteiger partial charge is 0.274 e. The van der Waals surface area contributed by atoms with E-state index in [1.54, 1.807) is 42.6 Å². The first-order valence-electron chi connectivity index (χ1n) is 5.99. The Balaban J connectivity index is 1.73. The average molecular weight is 345 g/mol. The third-order valence-electron chi connectivity index (χ3n) is 2.70. The summed E-state index contributed by atoms with van der Waals surface area (Å²) < 4.78 is 2.35. The minimum atomic E-state index is -0.266. The van der Waals surface area contributed by atoms with Gasteiger partial charge in [0.1, 0.15) is 12.0 Å². The van der Waals surface area contributed by atoms with E-state index in [2.05, 4.69) is 41.8 Å². The van der Waals surface area contributed by atoms with Gasteiger partial charge in [0.15, 0.2) is 0 Å². The maximum absolute atomic E-state index is 12.0. The van der Waals surface area contributed by atoms with Crippen LogP contribution in [0, 0.1) is 0 Å². The summed E-state index contributed by atoms with van der Waals surface area (Å²) in [6, 6.07) is 10.6. The number of hydrogen-bond acceptors (Lipinski definition) is 5. The van der Waals surface area contributed by atoms with Crippen molar-refractivity contribution in [3.8, 4) is 5.69 Å². The second kappa shape index (κ2) is 5.80. The van der Waals surface area contributed by atoms with Crippen molar-refractivity contribution in [1.82, 2.24) is 25.2 Å². The van der Waals surface area contributed by atoms with E-state index in [1.807, 2.05) is 0 Å². The molecule has 0 saturated heterocycles. The van der Waals surface area contributed by atoms with Crippen LogP contribution in [0.5, 0.6) is 0 Å². The van der Waals surface area contributed by atoms with Gasteiger partial charge in [0.2, 0.25) is 0 Å². The molecule has 21 heavy (non-hydrogen) atoms. The van der Waals surface area contributed by atoms with Crippen molar-refractivity contribution >= 4 is 27.5 Å². The molecular weight excluding hydrogens is 336 g/mol. The predicted molar refractivity (Wildman–Crippen MR) is 79.0 cm³/mol. The van der Waals surface area contributed by atoms with Gasteiger partial charge in [-0.05, 0) is 62.8 Å². The third-order valence-corrected chi connectivity index (χ3v) is 3.17. The Morgan fingerprint density at radius 2 is 1.95 bits per heavy atom. The summed E-state index contributed by atoms with van der Waals surface area (Å²) in [4.78, 5) is 16.1. The number of nitrogens with one attached hydrogen (secondary N) is 1. The molecule has 0 bridgehead atoms. The van der Waals surface area contributed by atoms with Gasteiger partial charge in [-0.2, -0.15) is 0 Å². The van der Waals surface area contributed by atoms with Crippen molar-refractivity contribution in [2.45, 2.75) is 0 Å². The zero-order valence-electron chi connectivity index (χ0n) is 10.6. The van der Waals surface area contributed by atoms with Crippen molar-refractivity contribution in [2.75, 3.05) is 5.32 Å². The molecule has 0 spiro atoms. The molecule has 2 aromatic heterocycles. The van der Waals surface area contributed by atoms with Crippen LogP contribution in [0.3, 0.4) is 0 Å². The van der Waals surface area contributed by atoms with Crippen molar-refractivity contribution in [3.63, 3.8) is 0 Å². The van der Waals surface area contributed by atoms with Crippen LogP contribution in [-0.2, 0) is 0 Å². The van der Waals surface area contributed by atoms with E-state index in [0.29, 0.717) is 11.4 Å². The highest BCUT2D eigenvalue weighted by molar-refractivity contribution is 9.10. The Bertz CT molecular complexity index is 739. The van der Waals surface area contributed by atoms with Crippen LogP contribution in [0.25, 0.3) is 5.69 Å². The molecule has 1 aromatic carbocycles. The molecule has 3 aromatic rings. The third kappa shape index (κ3) is 3.11. The predicted octanol–water partition coefficient (Wildman–Crippen LogP) is 2.07. The molecule has 0 aliphatic carbocycles. The van der Waals surface area contributed by atoms with Crippen LogP contribution in [0.15, 0.2) is 53.4 Å². The largest absolute Gasteiger partial charge is 0.321 e. The maximum atomic E-state index is 12.0. The Hall–Kier alpha value is -2.61. The quantitative estimate of drug-likeness (QED) is 0.785. The molecule has 0 fully saturated rings. The molecule has 1 N–H and O–H groups in total. The van der Waals surface area contributed by atoms with Gasteiger partial charge in [-0.3, -0.25) is 4.79 Å². The highest BCUT2D eigenvalue weighted by atomic mass is 79.9. The van der Waals surface area contributed by atoms with E-state index in [1.165, 1.54) is 11.0 Å². The van der Waals surface area contributed by atoms with E-state index in [4.69, 9.17) is 0 Å². The van der Waals surface area contributed by atoms with E-state index in [9.17, 15) is 4.79 Å². The average Bonchev–Trinajstić information content (AvgIpc) is 3.03. The normalized spacial score (nSPS) is 10.3. The molecule has 3 rings (SSSR count). The number of benzene rings is 1. The lowest BCUT2D eigenvalue weighted by Crippen LogP contribution is -2.13. The lowest BCUT2D eigenvalue weighted by molar-refractivity contribution is 0.102. The van der Waals surface area contributed by atoms with Gasteiger partial charge in [-0.25, -0.2) is 9.67 Å². The molecule has 0 saturated carbocycles. The monoisotopic (exact) mass is 344 g/mol.